The minimum atomic E-state index is -0.0428. The van der Waals surface area contributed by atoms with E-state index in [0.717, 1.165) is 24.7 Å². The number of carbonyl (C=O) groups excluding carboxylic acids is 2. The van der Waals surface area contributed by atoms with Crippen LogP contribution in [0.4, 0.5) is 0 Å². The zero-order valence-electron chi connectivity index (χ0n) is 10.8. The molecule has 0 saturated heterocycles. The molecule has 2 amide bonds. The van der Waals surface area contributed by atoms with Crippen molar-refractivity contribution in [1.82, 2.24) is 10.6 Å². The fourth-order valence-electron chi connectivity index (χ4n) is 3.62. The molecule has 0 spiro atoms. The Morgan fingerprint density at radius 3 is 2.44 bits per heavy atom. The molecule has 3 rings (SSSR count). The topological polar surface area (TPSA) is 58.2 Å². The number of nitrogens with one attached hydrogen (secondary N) is 2. The minimum absolute atomic E-state index is 0.0428. The molecule has 2 N–H and O–H groups in total. The molecular weight excluding hydrogens is 228 g/mol. The van der Waals surface area contributed by atoms with E-state index in [2.05, 4.69) is 10.6 Å². The molecule has 3 atom stereocenters. The Bertz CT molecular complexity index is 352. The van der Waals surface area contributed by atoms with Crippen molar-refractivity contribution in [2.24, 2.45) is 17.8 Å². The van der Waals surface area contributed by atoms with E-state index in [1.165, 1.54) is 25.7 Å². The van der Waals surface area contributed by atoms with E-state index in [1.807, 2.05) is 0 Å². The van der Waals surface area contributed by atoms with Crippen LogP contribution in [0.3, 0.4) is 0 Å². The van der Waals surface area contributed by atoms with Crippen molar-refractivity contribution in [3.8, 4) is 0 Å². The van der Waals surface area contributed by atoms with Gasteiger partial charge in [-0.3, -0.25) is 9.59 Å². The van der Waals surface area contributed by atoms with Crippen molar-refractivity contribution in [2.75, 3.05) is 6.54 Å². The average molecular weight is 250 g/mol. The predicted molar refractivity (Wildman–Crippen MR) is 67.7 cm³/mol. The molecule has 0 aromatic rings. The molecular formula is C14H22N2O2. The Hall–Kier alpha value is -1.06. The summed E-state index contributed by atoms with van der Waals surface area (Å²) in [6.07, 6.45) is 8.04. The first-order chi connectivity index (χ1) is 8.70. The smallest absolute Gasteiger partial charge is 0.239 e. The summed E-state index contributed by atoms with van der Waals surface area (Å²) in [5, 5.41) is 5.63. The van der Waals surface area contributed by atoms with E-state index in [9.17, 15) is 9.59 Å². The summed E-state index contributed by atoms with van der Waals surface area (Å²) in [6, 6.07) is 0.375. The van der Waals surface area contributed by atoms with Crippen LogP contribution < -0.4 is 10.6 Å². The van der Waals surface area contributed by atoms with Gasteiger partial charge in [0.1, 0.15) is 0 Å². The maximum absolute atomic E-state index is 11.8. The van der Waals surface area contributed by atoms with Crippen molar-refractivity contribution >= 4 is 11.8 Å². The molecule has 0 aromatic carbocycles. The van der Waals surface area contributed by atoms with Crippen LogP contribution in [0.15, 0.2) is 0 Å². The van der Waals surface area contributed by atoms with Gasteiger partial charge >= 0.3 is 0 Å². The third-order valence-electron chi connectivity index (χ3n) is 4.72. The number of rotatable bonds is 5. The summed E-state index contributed by atoms with van der Waals surface area (Å²) >= 11 is 0. The standard InChI is InChI=1S/C14H22N2O2/c17-13(15-8-14(18)16-12-3-4-12)7-11-6-9-1-2-10(11)5-9/h9-12H,1-8H2,(H,15,17)(H,16,18)/t9-,10+,11-/m0/s1. The Kier molecular flexibility index (Phi) is 3.27. The fourth-order valence-corrected chi connectivity index (χ4v) is 3.62. The van der Waals surface area contributed by atoms with Crippen molar-refractivity contribution in [2.45, 2.75) is 51.0 Å². The molecule has 2 bridgehead atoms. The summed E-state index contributed by atoms with van der Waals surface area (Å²) in [5.74, 6) is 2.25. The molecule has 18 heavy (non-hydrogen) atoms. The van der Waals surface area contributed by atoms with Crippen molar-refractivity contribution in [3.05, 3.63) is 0 Å². The second kappa shape index (κ2) is 4.90. The van der Waals surface area contributed by atoms with Crippen molar-refractivity contribution < 1.29 is 9.59 Å². The van der Waals surface area contributed by atoms with Gasteiger partial charge in [-0.1, -0.05) is 6.42 Å². The first kappa shape index (κ1) is 12.0. The predicted octanol–water partition coefficient (Wildman–Crippen LogP) is 1.21. The number of carbonyl (C=O) groups is 2. The van der Waals surface area contributed by atoms with E-state index in [4.69, 9.17) is 0 Å². The van der Waals surface area contributed by atoms with Gasteiger partial charge in [-0.15, -0.1) is 0 Å². The zero-order chi connectivity index (χ0) is 12.5. The Balaban J connectivity index is 1.35. The molecule has 0 radical (unpaired) electrons. The molecule has 4 heteroatoms. The van der Waals surface area contributed by atoms with Crippen LogP contribution in [0.2, 0.25) is 0 Å². The lowest BCUT2D eigenvalue weighted by Crippen LogP contribution is -2.38. The molecule has 4 nitrogen and oxygen atoms in total. The number of fused-ring (bicyclic) bond motifs is 2. The van der Waals surface area contributed by atoms with Gasteiger partial charge in [0.05, 0.1) is 6.54 Å². The normalized spacial score (nSPS) is 33.4. The third-order valence-corrected chi connectivity index (χ3v) is 4.72. The maximum atomic E-state index is 11.8. The van der Waals surface area contributed by atoms with E-state index in [0.29, 0.717) is 18.4 Å². The molecule has 0 aliphatic heterocycles. The van der Waals surface area contributed by atoms with Crippen LogP contribution in [0.25, 0.3) is 0 Å². The largest absolute Gasteiger partial charge is 0.352 e. The average Bonchev–Trinajstić information content (AvgIpc) is 2.90. The fraction of sp³-hybridized carbons (Fsp3) is 0.857. The SMILES string of the molecule is O=C(C[C@@H]1C[C@H]2CC[C@@H]1C2)NCC(=O)NC1CC1. The first-order valence-electron chi connectivity index (χ1n) is 7.27. The highest BCUT2D eigenvalue weighted by Gasteiger charge is 2.40. The van der Waals surface area contributed by atoms with E-state index in [-0.39, 0.29) is 18.4 Å². The Labute approximate surface area is 108 Å². The van der Waals surface area contributed by atoms with E-state index in [1.54, 1.807) is 0 Å². The van der Waals surface area contributed by atoms with Gasteiger partial charge in [0, 0.05) is 12.5 Å². The summed E-state index contributed by atoms with van der Waals surface area (Å²) < 4.78 is 0. The van der Waals surface area contributed by atoms with Gasteiger partial charge in [-0.2, -0.15) is 0 Å². The third kappa shape index (κ3) is 2.85. The van der Waals surface area contributed by atoms with E-state index >= 15 is 0 Å². The van der Waals surface area contributed by atoms with E-state index < -0.39 is 0 Å². The quantitative estimate of drug-likeness (QED) is 0.770. The van der Waals surface area contributed by atoms with Gasteiger partial charge in [0.2, 0.25) is 11.8 Å². The van der Waals surface area contributed by atoms with Gasteiger partial charge in [-0.05, 0) is 49.9 Å². The maximum Gasteiger partial charge on any atom is 0.239 e. The van der Waals surface area contributed by atoms with Crippen LogP contribution in [0.1, 0.15) is 44.9 Å². The van der Waals surface area contributed by atoms with Crippen LogP contribution in [0.5, 0.6) is 0 Å². The second-order valence-electron chi connectivity index (χ2n) is 6.26. The lowest BCUT2D eigenvalue weighted by molar-refractivity contribution is -0.126. The van der Waals surface area contributed by atoms with Crippen molar-refractivity contribution in [1.29, 1.82) is 0 Å². The van der Waals surface area contributed by atoms with Gasteiger partial charge in [-0.25, -0.2) is 0 Å². The summed E-state index contributed by atoms with van der Waals surface area (Å²) in [7, 11) is 0. The Morgan fingerprint density at radius 1 is 1.00 bits per heavy atom. The highest BCUT2D eigenvalue weighted by molar-refractivity contribution is 5.85. The number of amides is 2. The summed E-state index contributed by atoms with van der Waals surface area (Å²) in [5.41, 5.74) is 0. The van der Waals surface area contributed by atoms with Crippen molar-refractivity contribution in [3.63, 3.8) is 0 Å². The van der Waals surface area contributed by atoms with Gasteiger partial charge in [0.15, 0.2) is 0 Å². The molecule has 3 saturated carbocycles. The van der Waals surface area contributed by atoms with Crippen LogP contribution in [-0.2, 0) is 9.59 Å². The highest BCUT2D eigenvalue weighted by atomic mass is 16.2. The minimum Gasteiger partial charge on any atom is -0.352 e. The zero-order valence-corrected chi connectivity index (χ0v) is 10.8. The van der Waals surface area contributed by atoms with Gasteiger partial charge in [0.25, 0.3) is 0 Å². The lowest BCUT2D eigenvalue weighted by Gasteiger charge is -2.20. The number of hydrogen-bond donors (Lipinski definition) is 2. The second-order valence-corrected chi connectivity index (χ2v) is 6.26. The lowest BCUT2D eigenvalue weighted by atomic mass is 9.86. The molecule has 0 unspecified atom stereocenters. The monoisotopic (exact) mass is 250 g/mol. The molecule has 100 valence electrons. The summed E-state index contributed by atoms with van der Waals surface area (Å²) in [4.78, 5) is 23.2. The van der Waals surface area contributed by atoms with Crippen LogP contribution in [0, 0.1) is 17.8 Å². The molecule has 0 aromatic heterocycles. The van der Waals surface area contributed by atoms with Crippen LogP contribution in [-0.4, -0.2) is 24.4 Å². The molecule has 3 fully saturated rings. The van der Waals surface area contributed by atoms with Crippen LogP contribution >= 0.6 is 0 Å². The Morgan fingerprint density at radius 2 is 1.83 bits per heavy atom. The first-order valence-corrected chi connectivity index (χ1v) is 7.27. The summed E-state index contributed by atoms with van der Waals surface area (Å²) in [6.45, 7) is 0.149. The number of hydrogen-bond acceptors (Lipinski definition) is 2. The van der Waals surface area contributed by atoms with Gasteiger partial charge < -0.3 is 10.6 Å². The molecule has 3 aliphatic rings. The molecule has 3 aliphatic carbocycles. The highest BCUT2D eigenvalue weighted by Crippen LogP contribution is 2.49. The molecule has 0 heterocycles.